The summed E-state index contributed by atoms with van der Waals surface area (Å²) in [6, 6.07) is 7.72. The van der Waals surface area contributed by atoms with E-state index in [1.165, 1.54) is 44.2 Å². The van der Waals surface area contributed by atoms with Gasteiger partial charge in [-0.3, -0.25) is 4.52 Å². The minimum atomic E-state index is -4.77. The molecule has 0 saturated heterocycles. The zero-order valence-corrected chi connectivity index (χ0v) is 23.6. The van der Waals surface area contributed by atoms with E-state index in [0.717, 1.165) is 25.7 Å². The summed E-state index contributed by atoms with van der Waals surface area (Å²) in [7, 11) is -4.77. The highest BCUT2D eigenvalue weighted by Crippen LogP contribution is 2.50. The Hall–Kier alpha value is -1.60. The van der Waals surface area contributed by atoms with Crippen LogP contribution in [-0.2, 0) is 15.3 Å². The first-order valence-electron chi connectivity index (χ1n) is 13.6. The molecule has 2 saturated carbocycles. The number of benzene rings is 2. The number of phosphoric acid groups is 1. The molecule has 2 N–H and O–H groups in total. The molecule has 5 nitrogen and oxygen atoms in total. The normalized spacial score (nSPS) is 21.0. The van der Waals surface area contributed by atoms with Crippen molar-refractivity contribution in [1.82, 2.24) is 0 Å². The second kappa shape index (κ2) is 10.8. The van der Waals surface area contributed by atoms with Crippen LogP contribution in [0.3, 0.4) is 0 Å². The van der Waals surface area contributed by atoms with Crippen molar-refractivity contribution < 1.29 is 36.8 Å². The van der Waals surface area contributed by atoms with E-state index < -0.39 is 37.0 Å². The zero-order valence-electron chi connectivity index (χ0n) is 22.7. The SMILES string of the molecule is C[C@H](c1ccc2c(C(F)(F)F)c(OC3CCC4(CCCCC4)CC3)ccc2c1)C(OP(=O)(O)O)C(C)(C)C. The van der Waals surface area contributed by atoms with Gasteiger partial charge in [0.05, 0.1) is 12.2 Å². The number of hydrogen-bond donors (Lipinski definition) is 2. The Labute approximate surface area is 223 Å². The van der Waals surface area contributed by atoms with Gasteiger partial charge in [-0.15, -0.1) is 0 Å². The predicted molar refractivity (Wildman–Crippen MR) is 142 cm³/mol. The highest BCUT2D eigenvalue weighted by atomic mass is 31.2. The lowest BCUT2D eigenvalue weighted by Gasteiger charge is -2.43. The van der Waals surface area contributed by atoms with Crippen LogP contribution in [0.2, 0.25) is 0 Å². The monoisotopic (exact) mass is 556 g/mol. The number of hydrogen-bond acceptors (Lipinski definition) is 3. The zero-order chi connectivity index (χ0) is 27.9. The van der Waals surface area contributed by atoms with Gasteiger partial charge in [0.2, 0.25) is 0 Å². The Morgan fingerprint density at radius 3 is 2.16 bits per heavy atom. The summed E-state index contributed by atoms with van der Waals surface area (Å²) in [4.78, 5) is 18.9. The predicted octanol–water partition coefficient (Wildman–Crippen LogP) is 8.76. The first kappa shape index (κ1) is 29.4. The molecule has 38 heavy (non-hydrogen) atoms. The maximum absolute atomic E-state index is 14.4. The van der Waals surface area contributed by atoms with Crippen molar-refractivity contribution in [2.75, 3.05) is 0 Å². The van der Waals surface area contributed by atoms with E-state index in [0.29, 0.717) is 16.4 Å². The van der Waals surface area contributed by atoms with Crippen LogP contribution in [-0.4, -0.2) is 22.0 Å². The maximum atomic E-state index is 14.4. The number of fused-ring (bicyclic) bond motifs is 1. The minimum absolute atomic E-state index is 0.0497. The fraction of sp³-hybridized carbons (Fsp3) is 0.655. The van der Waals surface area contributed by atoms with Crippen LogP contribution in [0.15, 0.2) is 30.3 Å². The van der Waals surface area contributed by atoms with Crippen LogP contribution in [0.5, 0.6) is 5.75 Å². The fourth-order valence-corrected chi connectivity index (χ4v) is 7.42. The molecule has 0 bridgehead atoms. The first-order chi connectivity index (χ1) is 17.6. The summed E-state index contributed by atoms with van der Waals surface area (Å²) in [5, 5.41) is 0.441. The Morgan fingerprint density at radius 1 is 0.974 bits per heavy atom. The van der Waals surface area contributed by atoms with Crippen LogP contribution >= 0.6 is 7.82 Å². The van der Waals surface area contributed by atoms with Gasteiger partial charge in [0.1, 0.15) is 11.3 Å². The topological polar surface area (TPSA) is 76.0 Å². The van der Waals surface area contributed by atoms with Crippen molar-refractivity contribution in [1.29, 1.82) is 0 Å². The fourth-order valence-electron chi connectivity index (χ4n) is 6.63. The number of phosphoric ester groups is 1. The second-order valence-corrected chi connectivity index (χ2v) is 13.7. The van der Waals surface area contributed by atoms with E-state index in [1.807, 2.05) is 0 Å². The Bertz CT molecular complexity index is 1170. The van der Waals surface area contributed by atoms with E-state index in [2.05, 4.69) is 0 Å². The third-order valence-electron chi connectivity index (χ3n) is 8.57. The largest absolute Gasteiger partial charge is 0.490 e. The van der Waals surface area contributed by atoms with E-state index in [4.69, 9.17) is 9.26 Å². The van der Waals surface area contributed by atoms with Crippen LogP contribution in [0.1, 0.15) is 103 Å². The molecule has 0 aliphatic heterocycles. The molecule has 0 heterocycles. The highest BCUT2D eigenvalue weighted by Gasteiger charge is 2.41. The van der Waals surface area contributed by atoms with Gasteiger partial charge in [0.25, 0.3) is 0 Å². The quantitative estimate of drug-likeness (QED) is 0.348. The summed E-state index contributed by atoms with van der Waals surface area (Å²) in [5.41, 5.74) is -0.403. The van der Waals surface area contributed by atoms with Crippen molar-refractivity contribution in [2.24, 2.45) is 10.8 Å². The molecule has 2 aromatic carbocycles. The highest BCUT2D eigenvalue weighted by molar-refractivity contribution is 7.46. The van der Waals surface area contributed by atoms with Crippen LogP contribution in [0, 0.1) is 10.8 Å². The Morgan fingerprint density at radius 2 is 1.61 bits per heavy atom. The molecule has 0 aromatic heterocycles. The molecule has 212 valence electrons. The van der Waals surface area contributed by atoms with Crippen LogP contribution in [0.4, 0.5) is 13.2 Å². The number of ether oxygens (including phenoxy) is 1. The summed E-state index contributed by atoms with van der Waals surface area (Å²) in [6.45, 7) is 7.17. The van der Waals surface area contributed by atoms with Crippen molar-refractivity contribution >= 4 is 18.6 Å². The standard InChI is InChI=1S/C29H40F3O5P/c1-19(26(27(2,3)4)37-38(33,34)35)20-8-10-23-21(18-20)9-11-24(25(23)29(30,31)32)36-22-12-16-28(17-13-22)14-6-5-7-15-28/h8-11,18-19,22,26H,5-7,12-17H2,1-4H3,(H2,33,34,35)/t19-,26?/m1/s1. The van der Waals surface area contributed by atoms with Crippen molar-refractivity contribution in [3.63, 3.8) is 0 Å². The second-order valence-electron chi connectivity index (χ2n) is 12.5. The van der Waals surface area contributed by atoms with Crippen molar-refractivity contribution in [3.05, 3.63) is 41.5 Å². The molecule has 9 heteroatoms. The third kappa shape index (κ3) is 6.75. The average molecular weight is 557 g/mol. The number of rotatable bonds is 6. The average Bonchev–Trinajstić information content (AvgIpc) is 2.82. The van der Waals surface area contributed by atoms with Gasteiger partial charge in [-0.2, -0.15) is 13.2 Å². The molecule has 2 aliphatic carbocycles. The molecule has 2 aliphatic rings. The van der Waals surface area contributed by atoms with E-state index in [-0.39, 0.29) is 17.2 Å². The van der Waals surface area contributed by atoms with Gasteiger partial charge in [-0.1, -0.05) is 71.2 Å². The maximum Gasteiger partial charge on any atom is 0.469 e. The summed E-state index contributed by atoms with van der Waals surface area (Å²) >= 11 is 0. The van der Waals surface area contributed by atoms with Crippen LogP contribution < -0.4 is 4.74 Å². The summed E-state index contributed by atoms with van der Waals surface area (Å²) < 4.78 is 65.9. The molecule has 2 atom stereocenters. The number of halogens is 3. The van der Waals surface area contributed by atoms with Gasteiger partial charge < -0.3 is 14.5 Å². The Balaban J connectivity index is 1.61. The third-order valence-corrected chi connectivity index (χ3v) is 9.08. The van der Waals surface area contributed by atoms with E-state index in [1.54, 1.807) is 45.9 Å². The lowest BCUT2D eigenvalue weighted by molar-refractivity contribution is -0.138. The molecular weight excluding hydrogens is 516 g/mol. The molecular formula is C29H40F3O5P. The van der Waals surface area contributed by atoms with Crippen LogP contribution in [0.25, 0.3) is 10.8 Å². The summed E-state index contributed by atoms with van der Waals surface area (Å²) in [5.74, 6) is -0.612. The van der Waals surface area contributed by atoms with Gasteiger partial charge in [0.15, 0.2) is 0 Å². The van der Waals surface area contributed by atoms with Crippen molar-refractivity contribution in [3.8, 4) is 5.75 Å². The molecule has 1 spiro atoms. The van der Waals surface area contributed by atoms with Gasteiger partial charge in [0, 0.05) is 5.92 Å². The first-order valence-corrected chi connectivity index (χ1v) is 15.2. The minimum Gasteiger partial charge on any atom is -0.490 e. The lowest BCUT2D eigenvalue weighted by atomic mass is 9.65. The van der Waals surface area contributed by atoms with E-state index >= 15 is 0 Å². The molecule has 2 fully saturated rings. The molecule has 0 amide bonds. The van der Waals surface area contributed by atoms with Crippen molar-refractivity contribution in [2.45, 2.75) is 110 Å². The van der Waals surface area contributed by atoms with Gasteiger partial charge in [-0.25, -0.2) is 4.57 Å². The smallest absolute Gasteiger partial charge is 0.469 e. The molecule has 1 unspecified atom stereocenters. The molecule has 4 rings (SSSR count). The number of alkyl halides is 3. The van der Waals surface area contributed by atoms with Gasteiger partial charge in [-0.05, 0) is 71.8 Å². The summed E-state index contributed by atoms with van der Waals surface area (Å²) in [6.07, 6.45) is 4.12. The van der Waals surface area contributed by atoms with E-state index in [9.17, 15) is 27.5 Å². The Kier molecular flexibility index (Phi) is 8.32. The lowest BCUT2D eigenvalue weighted by Crippen LogP contribution is -2.34. The molecule has 0 radical (unpaired) electrons. The molecule has 2 aromatic rings. The van der Waals surface area contributed by atoms with Gasteiger partial charge >= 0.3 is 14.0 Å².